The van der Waals surface area contributed by atoms with E-state index in [0.717, 1.165) is 17.1 Å². The van der Waals surface area contributed by atoms with Gasteiger partial charge in [-0.1, -0.05) is 25.5 Å². The van der Waals surface area contributed by atoms with Crippen LogP contribution in [-0.4, -0.2) is 30.0 Å². The van der Waals surface area contributed by atoms with Gasteiger partial charge in [-0.3, -0.25) is 0 Å². The monoisotopic (exact) mass is 382 g/mol. The molecule has 0 aliphatic carbocycles. The highest BCUT2D eigenvalue weighted by Gasteiger charge is 2.18. The van der Waals surface area contributed by atoms with Gasteiger partial charge in [0, 0.05) is 0 Å². The largest absolute Gasteiger partial charge is 1.00 e. The summed E-state index contributed by atoms with van der Waals surface area (Å²) in [5, 5.41) is 10.1. The van der Waals surface area contributed by atoms with Gasteiger partial charge >= 0.3 is 0 Å². The Bertz CT molecular complexity index is 316. The summed E-state index contributed by atoms with van der Waals surface area (Å²) in [7, 11) is 1.96. The molecular formula is C14H23IO2S. The molecule has 2 atom stereocenters. The summed E-state index contributed by atoms with van der Waals surface area (Å²) < 4.78 is 5.10. The number of halogens is 1. The Kier molecular flexibility index (Phi) is 9.95. The highest BCUT2D eigenvalue weighted by atomic mass is 127. The Hall–Kier alpha value is 0.0600. The molecule has 1 aromatic rings. The predicted molar refractivity (Wildman–Crippen MR) is 75.9 cm³/mol. The molecule has 0 saturated carbocycles. The lowest BCUT2D eigenvalue weighted by molar-refractivity contribution is -0.00000579. The fourth-order valence-corrected chi connectivity index (χ4v) is 3.35. The van der Waals surface area contributed by atoms with Gasteiger partial charge in [0.25, 0.3) is 0 Å². The van der Waals surface area contributed by atoms with Crippen LogP contribution in [0.2, 0.25) is 0 Å². The van der Waals surface area contributed by atoms with E-state index >= 15 is 0 Å². The van der Waals surface area contributed by atoms with Crippen molar-refractivity contribution in [1.29, 1.82) is 0 Å². The lowest BCUT2D eigenvalue weighted by Crippen LogP contribution is -3.00. The summed E-state index contributed by atoms with van der Waals surface area (Å²) in [5.41, 5.74) is 0.988. The second-order valence-corrected chi connectivity index (χ2v) is 6.60. The quantitative estimate of drug-likeness (QED) is 0.522. The summed E-state index contributed by atoms with van der Waals surface area (Å²) in [6, 6.07) is 7.69. The molecule has 0 heterocycles. The highest BCUT2D eigenvalue weighted by molar-refractivity contribution is 7.96. The standard InChI is InChI=1S/C14H23O2S.HI/c1-4-5-10-17(3)11-14(15)12-6-8-13(16-2)9-7-12;/h6-9,14-15H,4-5,10-11H2,1-3H3;1H/q+1;/p-1/t14-,17?;/m1./s1. The third-order valence-electron chi connectivity index (χ3n) is 2.79. The van der Waals surface area contributed by atoms with Gasteiger partial charge in [0.2, 0.25) is 0 Å². The van der Waals surface area contributed by atoms with E-state index in [2.05, 4.69) is 13.2 Å². The van der Waals surface area contributed by atoms with Crippen LogP contribution in [0.15, 0.2) is 24.3 Å². The molecule has 4 heteroatoms. The van der Waals surface area contributed by atoms with Gasteiger partial charge < -0.3 is 33.8 Å². The molecule has 0 spiro atoms. The van der Waals surface area contributed by atoms with E-state index in [4.69, 9.17) is 4.74 Å². The van der Waals surface area contributed by atoms with Crippen molar-refractivity contribution in [2.75, 3.05) is 24.9 Å². The Morgan fingerprint density at radius 3 is 2.39 bits per heavy atom. The molecule has 0 amide bonds. The van der Waals surface area contributed by atoms with Gasteiger partial charge in [-0.15, -0.1) is 0 Å². The van der Waals surface area contributed by atoms with E-state index in [0.29, 0.717) is 10.9 Å². The number of unbranched alkanes of at least 4 members (excludes halogenated alkanes) is 1. The Labute approximate surface area is 130 Å². The summed E-state index contributed by atoms with van der Waals surface area (Å²) >= 11 is 0. The second kappa shape index (κ2) is 9.92. The van der Waals surface area contributed by atoms with E-state index in [-0.39, 0.29) is 30.1 Å². The van der Waals surface area contributed by atoms with Gasteiger partial charge in [-0.2, -0.15) is 0 Å². The van der Waals surface area contributed by atoms with Crippen LogP contribution in [0.4, 0.5) is 0 Å². The first-order valence-corrected chi connectivity index (χ1v) is 8.05. The fourth-order valence-electron chi connectivity index (χ4n) is 1.67. The lowest BCUT2D eigenvalue weighted by Gasteiger charge is -2.11. The Balaban J connectivity index is 0.00000289. The topological polar surface area (TPSA) is 29.5 Å². The van der Waals surface area contributed by atoms with Crippen LogP contribution in [0.25, 0.3) is 0 Å². The van der Waals surface area contributed by atoms with E-state index in [1.807, 2.05) is 24.3 Å². The van der Waals surface area contributed by atoms with Crippen molar-refractivity contribution in [2.45, 2.75) is 25.9 Å². The molecule has 0 radical (unpaired) electrons. The third kappa shape index (κ3) is 6.29. The number of aliphatic hydroxyl groups is 1. The summed E-state index contributed by atoms with van der Waals surface area (Å²) in [4.78, 5) is 0. The molecule has 0 fully saturated rings. The van der Waals surface area contributed by atoms with Gasteiger partial charge in [-0.25, -0.2) is 0 Å². The number of hydrogen-bond donors (Lipinski definition) is 1. The summed E-state index contributed by atoms with van der Waals surface area (Å²) in [5.74, 6) is 2.93. The van der Waals surface area contributed by atoms with Gasteiger partial charge in [-0.05, 0) is 35.0 Å². The van der Waals surface area contributed by atoms with Crippen molar-refractivity contribution >= 4 is 10.9 Å². The van der Waals surface area contributed by atoms with E-state index in [1.165, 1.54) is 18.6 Å². The Morgan fingerprint density at radius 1 is 1.28 bits per heavy atom. The fraction of sp³-hybridized carbons (Fsp3) is 0.571. The van der Waals surface area contributed by atoms with Crippen LogP contribution >= 0.6 is 0 Å². The molecule has 104 valence electrons. The van der Waals surface area contributed by atoms with Crippen LogP contribution < -0.4 is 28.7 Å². The zero-order valence-corrected chi connectivity index (χ0v) is 14.3. The summed E-state index contributed by atoms with van der Waals surface area (Å²) in [6.45, 7) is 2.21. The predicted octanol–water partition coefficient (Wildman–Crippen LogP) is -0.219. The minimum Gasteiger partial charge on any atom is -1.00 e. The number of benzene rings is 1. The summed E-state index contributed by atoms with van der Waals surface area (Å²) in [6.07, 6.45) is 4.39. The maximum atomic E-state index is 10.1. The first kappa shape index (κ1) is 18.1. The maximum Gasteiger partial charge on any atom is 0.137 e. The zero-order valence-electron chi connectivity index (χ0n) is 11.4. The first-order valence-electron chi connectivity index (χ1n) is 6.08. The number of hydrogen-bond acceptors (Lipinski definition) is 2. The molecule has 0 aliphatic heterocycles. The van der Waals surface area contributed by atoms with Crippen molar-refractivity contribution < 1.29 is 33.8 Å². The lowest BCUT2D eigenvalue weighted by atomic mass is 10.1. The number of aliphatic hydroxyl groups excluding tert-OH is 1. The van der Waals surface area contributed by atoms with E-state index in [1.54, 1.807) is 7.11 Å². The molecule has 1 unspecified atom stereocenters. The highest BCUT2D eigenvalue weighted by Crippen LogP contribution is 2.19. The molecule has 0 saturated heterocycles. The number of methoxy groups -OCH3 is 1. The molecule has 1 N–H and O–H groups in total. The Morgan fingerprint density at radius 2 is 1.89 bits per heavy atom. The van der Waals surface area contributed by atoms with Crippen LogP contribution in [0, 0.1) is 0 Å². The molecule has 1 rings (SSSR count). The van der Waals surface area contributed by atoms with Gasteiger partial charge in [0.05, 0.1) is 13.4 Å². The van der Waals surface area contributed by atoms with Crippen molar-refractivity contribution in [3.05, 3.63) is 29.8 Å². The van der Waals surface area contributed by atoms with Crippen molar-refractivity contribution in [1.82, 2.24) is 0 Å². The minimum absolute atomic E-state index is 0. The SMILES string of the molecule is CCCC[S+](C)C[C@@H](O)c1ccc(OC)cc1.[I-]. The van der Waals surface area contributed by atoms with E-state index in [9.17, 15) is 5.11 Å². The first-order chi connectivity index (χ1) is 8.17. The van der Waals surface area contributed by atoms with Crippen LogP contribution in [0.1, 0.15) is 31.4 Å². The molecule has 0 bridgehead atoms. The smallest absolute Gasteiger partial charge is 0.137 e. The average Bonchev–Trinajstić information content (AvgIpc) is 2.36. The van der Waals surface area contributed by atoms with Crippen LogP contribution in [0.5, 0.6) is 5.75 Å². The molecule has 0 aromatic heterocycles. The zero-order chi connectivity index (χ0) is 12.7. The maximum absolute atomic E-state index is 10.1. The molecule has 1 aromatic carbocycles. The molecule has 2 nitrogen and oxygen atoms in total. The second-order valence-electron chi connectivity index (χ2n) is 4.29. The minimum atomic E-state index is -0.342. The number of rotatable bonds is 7. The average molecular weight is 382 g/mol. The molecule has 18 heavy (non-hydrogen) atoms. The van der Waals surface area contributed by atoms with Crippen molar-refractivity contribution in [2.24, 2.45) is 0 Å². The number of ether oxygens (including phenoxy) is 1. The van der Waals surface area contributed by atoms with Crippen molar-refractivity contribution in [3.8, 4) is 5.75 Å². The van der Waals surface area contributed by atoms with E-state index < -0.39 is 0 Å². The van der Waals surface area contributed by atoms with Gasteiger partial charge in [0.1, 0.15) is 23.4 Å². The third-order valence-corrected chi connectivity index (χ3v) is 4.66. The van der Waals surface area contributed by atoms with Crippen LogP contribution in [-0.2, 0) is 10.9 Å². The normalized spacial score (nSPS) is 13.6. The van der Waals surface area contributed by atoms with Crippen molar-refractivity contribution in [3.63, 3.8) is 0 Å². The van der Waals surface area contributed by atoms with Gasteiger partial charge in [0.15, 0.2) is 0 Å². The molecular weight excluding hydrogens is 359 g/mol. The molecule has 0 aliphatic rings. The van der Waals surface area contributed by atoms with Crippen LogP contribution in [0.3, 0.4) is 0 Å².